The summed E-state index contributed by atoms with van der Waals surface area (Å²) < 4.78 is 10.6. The highest BCUT2D eigenvalue weighted by atomic mass is 32.1. The third kappa shape index (κ3) is 4.34. The standard InChI is InChI=1S/C23H27N3O4S/c1-6-16-13(4)31-22(19(16)23(28)29-5)25-21(27)17-11-14-9-10-15(26(7-2)8-3)12-18(14)30-20(17)24/h9-12,24H,6-8H2,1-5H3,(H,25,27). The van der Waals surface area contributed by atoms with E-state index in [0.29, 0.717) is 22.6 Å². The molecule has 2 heterocycles. The van der Waals surface area contributed by atoms with Gasteiger partial charge in [-0.15, -0.1) is 11.3 Å². The number of nitrogens with one attached hydrogen (secondary N) is 2. The molecule has 1 aromatic carbocycles. The lowest BCUT2D eigenvalue weighted by Gasteiger charge is -2.21. The highest BCUT2D eigenvalue weighted by Crippen LogP contribution is 2.34. The first-order chi connectivity index (χ1) is 14.8. The maximum atomic E-state index is 13.0. The zero-order chi connectivity index (χ0) is 22.7. The zero-order valence-electron chi connectivity index (χ0n) is 18.4. The van der Waals surface area contributed by atoms with Crippen LogP contribution >= 0.6 is 11.3 Å². The van der Waals surface area contributed by atoms with Gasteiger partial charge in [0.2, 0.25) is 5.55 Å². The minimum Gasteiger partial charge on any atom is -0.465 e. The summed E-state index contributed by atoms with van der Waals surface area (Å²) in [6, 6.07) is 7.38. The van der Waals surface area contributed by atoms with Gasteiger partial charge in [0.05, 0.1) is 12.7 Å². The van der Waals surface area contributed by atoms with Gasteiger partial charge in [-0.1, -0.05) is 6.92 Å². The minimum atomic E-state index is -0.502. The molecule has 0 aliphatic carbocycles. The number of aryl methyl sites for hydroxylation is 1. The van der Waals surface area contributed by atoms with Crippen LogP contribution in [-0.2, 0) is 11.2 Å². The average Bonchev–Trinajstić information content (AvgIpc) is 3.07. The van der Waals surface area contributed by atoms with Gasteiger partial charge in [0, 0.05) is 35.1 Å². The first kappa shape index (κ1) is 22.6. The van der Waals surface area contributed by atoms with E-state index in [1.54, 1.807) is 6.07 Å². The van der Waals surface area contributed by atoms with E-state index in [0.717, 1.165) is 34.6 Å². The summed E-state index contributed by atoms with van der Waals surface area (Å²) in [5.41, 5.74) is 2.64. The molecular formula is C23H27N3O4S. The molecule has 0 radical (unpaired) electrons. The van der Waals surface area contributed by atoms with Crippen LogP contribution in [0.4, 0.5) is 10.7 Å². The average molecular weight is 442 g/mol. The van der Waals surface area contributed by atoms with Crippen molar-refractivity contribution < 1.29 is 18.7 Å². The molecule has 0 saturated heterocycles. The summed E-state index contributed by atoms with van der Waals surface area (Å²) in [7, 11) is 1.32. The molecule has 7 nitrogen and oxygen atoms in total. The van der Waals surface area contributed by atoms with E-state index >= 15 is 0 Å². The number of benzene rings is 1. The van der Waals surface area contributed by atoms with E-state index in [2.05, 4.69) is 24.1 Å². The van der Waals surface area contributed by atoms with E-state index in [9.17, 15) is 9.59 Å². The lowest BCUT2D eigenvalue weighted by Crippen LogP contribution is -2.22. The Labute approximate surface area is 185 Å². The van der Waals surface area contributed by atoms with E-state index in [-0.39, 0.29) is 11.1 Å². The fourth-order valence-corrected chi connectivity index (χ4v) is 4.78. The Morgan fingerprint density at radius 3 is 2.52 bits per heavy atom. The van der Waals surface area contributed by atoms with E-state index < -0.39 is 11.9 Å². The van der Waals surface area contributed by atoms with E-state index in [1.807, 2.05) is 32.0 Å². The summed E-state index contributed by atoms with van der Waals surface area (Å²) >= 11 is 1.32. The lowest BCUT2D eigenvalue weighted by atomic mass is 10.1. The maximum absolute atomic E-state index is 13.0. The Balaban J connectivity index is 1.98. The Morgan fingerprint density at radius 2 is 1.90 bits per heavy atom. The summed E-state index contributed by atoms with van der Waals surface area (Å²) in [6.07, 6.45) is 0.645. The van der Waals surface area contributed by atoms with Crippen molar-refractivity contribution in [2.45, 2.75) is 34.1 Å². The molecule has 3 rings (SSSR count). The number of esters is 1. The first-order valence-corrected chi connectivity index (χ1v) is 11.0. The molecule has 2 N–H and O–H groups in total. The Morgan fingerprint density at radius 1 is 1.19 bits per heavy atom. The molecule has 0 aliphatic rings. The van der Waals surface area contributed by atoms with Crippen LogP contribution in [0.2, 0.25) is 0 Å². The van der Waals surface area contributed by atoms with Crippen molar-refractivity contribution in [1.82, 2.24) is 0 Å². The molecule has 1 amide bonds. The topological polar surface area (TPSA) is 95.6 Å². The maximum Gasteiger partial charge on any atom is 0.341 e. The highest BCUT2D eigenvalue weighted by Gasteiger charge is 2.24. The Hall–Kier alpha value is -3.13. The van der Waals surface area contributed by atoms with Crippen molar-refractivity contribution in [1.29, 1.82) is 5.41 Å². The van der Waals surface area contributed by atoms with Gasteiger partial charge in [-0.3, -0.25) is 10.2 Å². The molecule has 2 aromatic heterocycles. The van der Waals surface area contributed by atoms with Crippen LogP contribution < -0.4 is 15.8 Å². The van der Waals surface area contributed by atoms with Gasteiger partial charge in [0.1, 0.15) is 16.1 Å². The van der Waals surface area contributed by atoms with Gasteiger partial charge in [0.25, 0.3) is 5.91 Å². The number of fused-ring (bicyclic) bond motifs is 1. The van der Waals surface area contributed by atoms with Gasteiger partial charge in [-0.25, -0.2) is 4.79 Å². The summed E-state index contributed by atoms with van der Waals surface area (Å²) in [5.74, 6) is -0.993. The van der Waals surface area contributed by atoms with Crippen LogP contribution in [-0.4, -0.2) is 32.1 Å². The van der Waals surface area contributed by atoms with Crippen LogP contribution in [0.1, 0.15) is 51.9 Å². The number of thiophene rings is 1. The first-order valence-electron chi connectivity index (χ1n) is 10.2. The molecule has 0 saturated carbocycles. The fourth-order valence-electron chi connectivity index (χ4n) is 3.65. The highest BCUT2D eigenvalue weighted by molar-refractivity contribution is 7.16. The molecule has 0 bridgehead atoms. The summed E-state index contributed by atoms with van der Waals surface area (Å²) in [5, 5.41) is 12.2. The van der Waals surface area contributed by atoms with Crippen LogP contribution in [0, 0.1) is 12.3 Å². The third-order valence-corrected chi connectivity index (χ3v) is 6.37. The molecule has 0 atom stereocenters. The smallest absolute Gasteiger partial charge is 0.341 e. The van der Waals surface area contributed by atoms with E-state index in [4.69, 9.17) is 14.6 Å². The SMILES string of the molecule is CCc1c(C)sc(NC(=O)c2cc3ccc(N(CC)CC)cc3oc2=N)c1C(=O)OC. The Bertz CT molecular complexity index is 1190. The largest absolute Gasteiger partial charge is 0.465 e. The summed E-state index contributed by atoms with van der Waals surface area (Å²) in [6.45, 7) is 9.72. The molecule has 0 fully saturated rings. The van der Waals surface area contributed by atoms with Gasteiger partial charge in [0.15, 0.2) is 0 Å². The third-order valence-electron chi connectivity index (χ3n) is 5.31. The predicted octanol–water partition coefficient (Wildman–Crippen LogP) is 4.73. The quantitative estimate of drug-likeness (QED) is 0.517. The fraction of sp³-hybridized carbons (Fsp3) is 0.348. The number of ether oxygens (including phenoxy) is 1. The van der Waals surface area contributed by atoms with Gasteiger partial charge in [-0.2, -0.15) is 0 Å². The number of hydrogen-bond acceptors (Lipinski definition) is 7. The second-order valence-corrected chi connectivity index (χ2v) is 8.25. The Kier molecular flexibility index (Phi) is 6.80. The van der Waals surface area contributed by atoms with Crippen molar-refractivity contribution in [2.24, 2.45) is 0 Å². The van der Waals surface area contributed by atoms with Crippen molar-refractivity contribution in [3.63, 3.8) is 0 Å². The van der Waals surface area contributed by atoms with Gasteiger partial charge < -0.3 is 19.4 Å². The molecule has 0 unspecified atom stereocenters. The molecule has 8 heteroatoms. The number of nitrogens with zero attached hydrogens (tertiary/aromatic N) is 1. The number of rotatable bonds is 7. The molecule has 31 heavy (non-hydrogen) atoms. The minimum absolute atomic E-state index is 0.100. The van der Waals surface area contributed by atoms with Crippen molar-refractivity contribution in [3.05, 3.63) is 51.4 Å². The van der Waals surface area contributed by atoms with Gasteiger partial charge in [-0.05, 0) is 51.0 Å². The number of amides is 1. The monoisotopic (exact) mass is 441 g/mol. The predicted molar refractivity (Wildman–Crippen MR) is 123 cm³/mol. The van der Waals surface area contributed by atoms with Crippen molar-refractivity contribution >= 4 is 44.9 Å². The molecule has 3 aromatic rings. The second-order valence-electron chi connectivity index (χ2n) is 7.02. The molecule has 0 spiro atoms. The van der Waals surface area contributed by atoms with Crippen molar-refractivity contribution in [2.75, 3.05) is 30.4 Å². The molecule has 0 aliphatic heterocycles. The number of carbonyl (C=O) groups is 2. The van der Waals surface area contributed by atoms with Crippen LogP contribution in [0.25, 0.3) is 11.0 Å². The van der Waals surface area contributed by atoms with Gasteiger partial charge >= 0.3 is 5.97 Å². The number of hydrogen-bond donors (Lipinski definition) is 2. The van der Waals surface area contributed by atoms with Crippen LogP contribution in [0.3, 0.4) is 0 Å². The normalized spacial score (nSPS) is 10.9. The van der Waals surface area contributed by atoms with Crippen LogP contribution in [0.5, 0.6) is 0 Å². The second kappa shape index (κ2) is 9.34. The number of methoxy groups -OCH3 is 1. The molecular weight excluding hydrogens is 414 g/mol. The lowest BCUT2D eigenvalue weighted by molar-refractivity contribution is 0.0601. The zero-order valence-corrected chi connectivity index (χ0v) is 19.2. The number of carbonyl (C=O) groups excluding carboxylic acids is 2. The molecule has 164 valence electrons. The van der Waals surface area contributed by atoms with E-state index in [1.165, 1.54) is 18.4 Å². The number of anilines is 2. The summed E-state index contributed by atoms with van der Waals surface area (Å²) in [4.78, 5) is 28.4. The van der Waals surface area contributed by atoms with Crippen LogP contribution in [0.15, 0.2) is 28.7 Å². The van der Waals surface area contributed by atoms with Crippen molar-refractivity contribution in [3.8, 4) is 0 Å².